The summed E-state index contributed by atoms with van der Waals surface area (Å²) in [5, 5.41) is 2.69. The van der Waals surface area contributed by atoms with Gasteiger partial charge in [-0.2, -0.15) is 0 Å². The van der Waals surface area contributed by atoms with Crippen LogP contribution in [0.25, 0.3) is 11.1 Å². The quantitative estimate of drug-likeness (QED) is 0.539. The summed E-state index contributed by atoms with van der Waals surface area (Å²) in [6.45, 7) is 0. The molecule has 0 aliphatic carbocycles. The minimum atomic E-state index is -0.938. The third-order valence-electron chi connectivity index (χ3n) is 4.53. The molecular formula is C22H17ClF3N3O2. The lowest BCUT2D eigenvalue weighted by Crippen LogP contribution is -2.31. The normalized spacial score (nSPS) is 11.7. The average Bonchev–Trinajstić information content (AvgIpc) is 2.72. The monoisotopic (exact) mass is 447 g/mol. The van der Waals surface area contributed by atoms with Crippen LogP contribution in [-0.2, 0) is 11.2 Å². The third kappa shape index (κ3) is 5.40. The molecule has 5 nitrogen and oxygen atoms in total. The second-order valence-corrected chi connectivity index (χ2v) is 7.00. The zero-order chi connectivity index (χ0) is 22.5. The molecule has 0 saturated carbocycles. The predicted molar refractivity (Wildman–Crippen MR) is 110 cm³/mol. The van der Waals surface area contributed by atoms with Crippen molar-refractivity contribution in [2.24, 2.45) is 5.73 Å². The molecule has 31 heavy (non-hydrogen) atoms. The summed E-state index contributed by atoms with van der Waals surface area (Å²) < 4.78 is 41.3. The zero-order valence-corrected chi connectivity index (χ0v) is 16.8. The first kappa shape index (κ1) is 22.3. The molecule has 0 fully saturated rings. The fourth-order valence-electron chi connectivity index (χ4n) is 3.23. The van der Waals surface area contributed by atoms with E-state index in [0.717, 1.165) is 24.3 Å². The highest BCUT2D eigenvalue weighted by atomic mass is 35.5. The molecule has 0 aliphatic rings. The van der Waals surface area contributed by atoms with E-state index in [9.17, 15) is 22.8 Å². The Morgan fingerprint density at radius 2 is 1.77 bits per heavy atom. The van der Waals surface area contributed by atoms with Crippen LogP contribution in [0.3, 0.4) is 0 Å². The molecule has 0 radical (unpaired) electrons. The van der Waals surface area contributed by atoms with Crippen molar-refractivity contribution < 1.29 is 22.8 Å². The lowest BCUT2D eigenvalue weighted by molar-refractivity contribution is -0.119. The Morgan fingerprint density at radius 1 is 1.06 bits per heavy atom. The minimum Gasteiger partial charge on any atom is -0.366 e. The first-order valence-corrected chi connectivity index (χ1v) is 9.67. The topological polar surface area (TPSA) is 85.1 Å². The van der Waals surface area contributed by atoms with E-state index in [4.69, 9.17) is 17.3 Å². The number of aromatic nitrogens is 1. The molecule has 3 rings (SSSR count). The summed E-state index contributed by atoms with van der Waals surface area (Å²) in [7, 11) is 0. The molecule has 160 valence electrons. The van der Waals surface area contributed by atoms with Gasteiger partial charge in [-0.15, -0.1) is 11.6 Å². The number of carbonyl (C=O) groups is 2. The largest absolute Gasteiger partial charge is 0.366 e. The smallest absolute Gasteiger partial charge is 0.251 e. The number of nitrogens with zero attached hydrogens (tertiary/aromatic N) is 1. The van der Waals surface area contributed by atoms with Gasteiger partial charge in [0.15, 0.2) is 0 Å². The Labute approximate surface area is 181 Å². The van der Waals surface area contributed by atoms with E-state index in [-0.39, 0.29) is 23.4 Å². The van der Waals surface area contributed by atoms with Gasteiger partial charge in [-0.1, -0.05) is 12.1 Å². The van der Waals surface area contributed by atoms with Crippen molar-refractivity contribution in [1.29, 1.82) is 0 Å². The molecule has 0 bridgehead atoms. The van der Waals surface area contributed by atoms with Crippen molar-refractivity contribution in [3.8, 4) is 11.1 Å². The number of primary amides is 1. The number of rotatable bonds is 7. The van der Waals surface area contributed by atoms with Gasteiger partial charge in [0.1, 0.15) is 23.3 Å². The molecule has 3 aromatic rings. The second kappa shape index (κ2) is 9.61. The molecule has 0 spiro atoms. The Kier molecular flexibility index (Phi) is 6.91. The van der Waals surface area contributed by atoms with Crippen LogP contribution in [0, 0.1) is 17.5 Å². The van der Waals surface area contributed by atoms with Crippen molar-refractivity contribution in [1.82, 2.24) is 10.3 Å². The van der Waals surface area contributed by atoms with Gasteiger partial charge in [-0.25, -0.2) is 13.2 Å². The Morgan fingerprint density at radius 3 is 2.42 bits per heavy atom. The summed E-state index contributed by atoms with van der Waals surface area (Å²) in [5.74, 6) is -4.09. The van der Waals surface area contributed by atoms with Gasteiger partial charge in [0.25, 0.3) is 5.91 Å². The summed E-state index contributed by atoms with van der Waals surface area (Å²) in [4.78, 5) is 27.9. The molecular weight excluding hydrogens is 431 g/mol. The number of benzene rings is 2. The van der Waals surface area contributed by atoms with Crippen LogP contribution >= 0.6 is 11.6 Å². The standard InChI is InChI=1S/C22H17ClF3N3O2/c23-11-20(30)29-19(8-12-6-14(24)10-15(25)7-12)21-16(2-1-5-28-21)13-3-4-18(26)17(9-13)22(27)31/h1-7,9-10,19H,8,11H2,(H2,27,31)(H,29,30). The van der Waals surface area contributed by atoms with Gasteiger partial charge in [0.05, 0.1) is 17.3 Å². The van der Waals surface area contributed by atoms with Crippen molar-refractivity contribution in [2.75, 3.05) is 5.88 Å². The zero-order valence-electron chi connectivity index (χ0n) is 16.0. The Hall–Kier alpha value is -3.39. The molecule has 3 N–H and O–H groups in total. The summed E-state index contributed by atoms with van der Waals surface area (Å²) in [5.41, 5.74) is 6.45. The van der Waals surface area contributed by atoms with Gasteiger partial charge in [-0.3, -0.25) is 14.6 Å². The third-order valence-corrected chi connectivity index (χ3v) is 4.77. The van der Waals surface area contributed by atoms with Crippen molar-refractivity contribution in [2.45, 2.75) is 12.5 Å². The maximum atomic E-state index is 13.9. The van der Waals surface area contributed by atoms with Gasteiger partial charge in [0, 0.05) is 17.8 Å². The summed E-state index contributed by atoms with van der Waals surface area (Å²) in [6.07, 6.45) is 1.48. The number of hydrogen-bond donors (Lipinski definition) is 2. The SMILES string of the molecule is NC(=O)c1cc(-c2cccnc2C(Cc2cc(F)cc(F)c2)NC(=O)CCl)ccc1F. The van der Waals surface area contributed by atoms with Crippen LogP contribution in [0.1, 0.15) is 27.7 Å². The summed E-state index contributed by atoms with van der Waals surface area (Å²) >= 11 is 5.62. The fourth-order valence-corrected chi connectivity index (χ4v) is 3.31. The predicted octanol–water partition coefficient (Wildman–Crippen LogP) is 3.90. The van der Waals surface area contributed by atoms with E-state index >= 15 is 0 Å². The number of pyridine rings is 1. The molecule has 1 heterocycles. The maximum absolute atomic E-state index is 13.9. The highest BCUT2D eigenvalue weighted by Gasteiger charge is 2.22. The summed E-state index contributed by atoms with van der Waals surface area (Å²) in [6, 6.07) is 9.31. The first-order valence-electron chi connectivity index (χ1n) is 9.13. The lowest BCUT2D eigenvalue weighted by Gasteiger charge is -2.21. The van der Waals surface area contributed by atoms with Gasteiger partial charge in [-0.05, 0) is 47.9 Å². The number of hydrogen-bond acceptors (Lipinski definition) is 3. The van der Waals surface area contributed by atoms with E-state index in [1.165, 1.54) is 18.3 Å². The number of alkyl halides is 1. The van der Waals surface area contributed by atoms with Gasteiger partial charge < -0.3 is 11.1 Å². The number of halogens is 4. The number of nitrogens with one attached hydrogen (secondary N) is 1. The van der Waals surface area contributed by atoms with E-state index in [1.807, 2.05) is 0 Å². The van der Waals surface area contributed by atoms with Crippen molar-refractivity contribution in [3.05, 3.63) is 89.0 Å². The van der Waals surface area contributed by atoms with E-state index in [1.54, 1.807) is 12.1 Å². The Bertz CT molecular complexity index is 1120. The van der Waals surface area contributed by atoms with E-state index in [2.05, 4.69) is 10.3 Å². The lowest BCUT2D eigenvalue weighted by atomic mass is 9.94. The fraction of sp³-hybridized carbons (Fsp3) is 0.136. The van der Waals surface area contributed by atoms with Crippen LogP contribution < -0.4 is 11.1 Å². The Balaban J connectivity index is 2.09. The molecule has 2 amide bonds. The van der Waals surface area contributed by atoms with Crippen LogP contribution in [0.2, 0.25) is 0 Å². The molecule has 9 heteroatoms. The van der Waals surface area contributed by atoms with Crippen LogP contribution in [0.15, 0.2) is 54.7 Å². The van der Waals surface area contributed by atoms with Gasteiger partial charge >= 0.3 is 0 Å². The molecule has 1 unspecified atom stereocenters. The molecule has 2 aromatic carbocycles. The van der Waals surface area contributed by atoms with Gasteiger partial charge in [0.2, 0.25) is 5.91 Å². The second-order valence-electron chi connectivity index (χ2n) is 6.73. The molecule has 1 aromatic heterocycles. The van der Waals surface area contributed by atoms with E-state index in [0.29, 0.717) is 16.8 Å². The van der Waals surface area contributed by atoms with Crippen LogP contribution in [0.5, 0.6) is 0 Å². The average molecular weight is 448 g/mol. The maximum Gasteiger partial charge on any atom is 0.251 e. The van der Waals surface area contributed by atoms with E-state index < -0.39 is 35.3 Å². The van der Waals surface area contributed by atoms with Crippen LogP contribution in [-0.4, -0.2) is 22.7 Å². The number of nitrogens with two attached hydrogens (primary N) is 1. The molecule has 1 atom stereocenters. The number of carbonyl (C=O) groups excluding carboxylic acids is 2. The first-order chi connectivity index (χ1) is 14.8. The minimum absolute atomic E-state index is 0.00515. The highest BCUT2D eigenvalue weighted by molar-refractivity contribution is 6.27. The molecule has 0 saturated heterocycles. The van der Waals surface area contributed by atoms with Crippen molar-refractivity contribution in [3.63, 3.8) is 0 Å². The molecule has 0 aliphatic heterocycles. The number of amides is 2. The van der Waals surface area contributed by atoms with Crippen molar-refractivity contribution >= 4 is 23.4 Å². The highest BCUT2D eigenvalue weighted by Crippen LogP contribution is 2.30. The van der Waals surface area contributed by atoms with Crippen LogP contribution in [0.4, 0.5) is 13.2 Å².